The van der Waals surface area contributed by atoms with Gasteiger partial charge in [-0.25, -0.2) is 4.98 Å². The zero-order valence-electron chi connectivity index (χ0n) is 12.6. The highest BCUT2D eigenvalue weighted by Gasteiger charge is 2.14. The lowest BCUT2D eigenvalue weighted by Gasteiger charge is -2.21. The van der Waals surface area contributed by atoms with Gasteiger partial charge in [-0.15, -0.1) is 0 Å². The van der Waals surface area contributed by atoms with Gasteiger partial charge in [-0.2, -0.15) is 0 Å². The predicted molar refractivity (Wildman–Crippen MR) is 94.5 cm³/mol. The van der Waals surface area contributed by atoms with Gasteiger partial charge in [0.1, 0.15) is 11.6 Å². The van der Waals surface area contributed by atoms with Crippen LogP contribution >= 0.6 is 15.9 Å². The molecule has 0 saturated carbocycles. The van der Waals surface area contributed by atoms with Crippen molar-refractivity contribution in [3.05, 3.63) is 64.8 Å². The number of ether oxygens (including phenoxy) is 1. The molecule has 3 nitrogen and oxygen atoms in total. The van der Waals surface area contributed by atoms with Gasteiger partial charge in [-0.05, 0) is 39.0 Å². The van der Waals surface area contributed by atoms with Crippen LogP contribution in [-0.2, 0) is 6.54 Å². The number of anilines is 1. The summed E-state index contributed by atoms with van der Waals surface area (Å²) < 4.78 is 6.35. The third-order valence-electron chi connectivity index (χ3n) is 3.66. The van der Waals surface area contributed by atoms with Crippen LogP contribution in [0.15, 0.2) is 59.2 Å². The van der Waals surface area contributed by atoms with E-state index in [9.17, 15) is 0 Å². The Labute approximate surface area is 138 Å². The van der Waals surface area contributed by atoms with Gasteiger partial charge in [0.25, 0.3) is 0 Å². The molecule has 0 N–H and O–H groups in total. The van der Waals surface area contributed by atoms with Gasteiger partial charge in [0.05, 0.1) is 11.6 Å². The van der Waals surface area contributed by atoms with Crippen molar-refractivity contribution < 1.29 is 4.74 Å². The Hall–Kier alpha value is -2.07. The molecule has 4 heteroatoms. The second-order valence-corrected chi connectivity index (χ2v) is 5.95. The molecular weight excluding hydrogens is 340 g/mol. The molecular formula is C18H17BrN2O. The molecule has 2 aromatic carbocycles. The van der Waals surface area contributed by atoms with E-state index in [4.69, 9.17) is 4.74 Å². The van der Waals surface area contributed by atoms with Crippen LogP contribution < -0.4 is 9.64 Å². The first kappa shape index (κ1) is 14.9. The second kappa shape index (κ2) is 6.36. The summed E-state index contributed by atoms with van der Waals surface area (Å²) in [5, 5.41) is 2.21. The minimum absolute atomic E-state index is 0.802. The molecule has 1 heterocycles. The fourth-order valence-electron chi connectivity index (χ4n) is 2.57. The van der Waals surface area contributed by atoms with Crippen molar-refractivity contribution in [2.45, 2.75) is 6.54 Å². The molecule has 0 aliphatic carbocycles. The molecule has 3 rings (SSSR count). The molecule has 0 unspecified atom stereocenters. The van der Waals surface area contributed by atoms with Crippen LogP contribution in [0.1, 0.15) is 5.56 Å². The maximum Gasteiger partial charge on any atom is 0.137 e. The van der Waals surface area contributed by atoms with E-state index in [1.807, 2.05) is 24.4 Å². The molecule has 22 heavy (non-hydrogen) atoms. The van der Waals surface area contributed by atoms with Crippen LogP contribution in [0.2, 0.25) is 0 Å². The Kier molecular flexibility index (Phi) is 4.29. The van der Waals surface area contributed by atoms with Crippen LogP contribution in [0.3, 0.4) is 0 Å². The van der Waals surface area contributed by atoms with E-state index in [-0.39, 0.29) is 0 Å². The van der Waals surface area contributed by atoms with Crippen LogP contribution in [0.5, 0.6) is 5.75 Å². The van der Waals surface area contributed by atoms with Gasteiger partial charge in [0, 0.05) is 25.2 Å². The fraction of sp³-hybridized carbons (Fsp3) is 0.167. The lowest BCUT2D eigenvalue weighted by molar-refractivity contribution is 0.413. The standard InChI is InChI=1S/C18H17BrN2O/c1-21(12-13-6-4-3-5-7-13)18-16-14(10-11-20-18)8-9-15(22-2)17(16)19/h3-11H,12H2,1-2H3. The zero-order chi connectivity index (χ0) is 15.5. The Morgan fingerprint density at radius 2 is 1.86 bits per heavy atom. The fourth-order valence-corrected chi connectivity index (χ4v) is 3.27. The number of halogens is 1. The summed E-state index contributed by atoms with van der Waals surface area (Å²) in [5.41, 5.74) is 1.25. The molecule has 0 atom stereocenters. The first-order valence-electron chi connectivity index (χ1n) is 7.07. The van der Waals surface area contributed by atoms with Crippen molar-refractivity contribution in [1.29, 1.82) is 0 Å². The molecule has 112 valence electrons. The van der Waals surface area contributed by atoms with Crippen molar-refractivity contribution in [3.63, 3.8) is 0 Å². The van der Waals surface area contributed by atoms with E-state index < -0.39 is 0 Å². The zero-order valence-corrected chi connectivity index (χ0v) is 14.2. The maximum atomic E-state index is 5.41. The summed E-state index contributed by atoms with van der Waals surface area (Å²) in [6.45, 7) is 0.802. The van der Waals surface area contributed by atoms with Crippen molar-refractivity contribution in [1.82, 2.24) is 4.98 Å². The average Bonchev–Trinajstić information content (AvgIpc) is 2.55. The first-order valence-corrected chi connectivity index (χ1v) is 7.86. The average molecular weight is 357 g/mol. The summed E-state index contributed by atoms with van der Waals surface area (Å²) in [7, 11) is 3.73. The number of pyridine rings is 1. The van der Waals surface area contributed by atoms with Crippen molar-refractivity contribution >= 4 is 32.5 Å². The molecule has 0 aliphatic heterocycles. The second-order valence-electron chi connectivity index (χ2n) is 5.16. The van der Waals surface area contributed by atoms with Gasteiger partial charge < -0.3 is 9.64 Å². The Bertz CT molecular complexity index is 790. The molecule has 0 amide bonds. The summed E-state index contributed by atoms with van der Waals surface area (Å²) in [4.78, 5) is 6.73. The Morgan fingerprint density at radius 1 is 1.09 bits per heavy atom. The van der Waals surface area contributed by atoms with Gasteiger partial charge in [0.2, 0.25) is 0 Å². The molecule has 0 bridgehead atoms. The molecule has 0 saturated heterocycles. The number of hydrogen-bond acceptors (Lipinski definition) is 3. The smallest absolute Gasteiger partial charge is 0.137 e. The number of hydrogen-bond donors (Lipinski definition) is 0. The van der Waals surface area contributed by atoms with Gasteiger partial charge in [0.15, 0.2) is 0 Å². The van der Waals surface area contributed by atoms with Crippen molar-refractivity contribution in [3.8, 4) is 5.75 Å². The summed E-state index contributed by atoms with van der Waals surface area (Å²) in [5.74, 6) is 1.75. The number of aromatic nitrogens is 1. The number of rotatable bonds is 4. The maximum absolute atomic E-state index is 5.41. The number of fused-ring (bicyclic) bond motifs is 1. The van der Waals surface area contributed by atoms with Crippen LogP contribution in [0.25, 0.3) is 10.8 Å². The third kappa shape index (κ3) is 2.79. The van der Waals surface area contributed by atoms with Gasteiger partial charge in [-0.3, -0.25) is 0 Å². The first-order chi connectivity index (χ1) is 10.7. The monoisotopic (exact) mass is 356 g/mol. The van der Waals surface area contributed by atoms with Gasteiger partial charge in [-0.1, -0.05) is 36.4 Å². The highest BCUT2D eigenvalue weighted by molar-refractivity contribution is 9.10. The molecule has 0 fully saturated rings. The molecule has 0 aliphatic rings. The van der Waals surface area contributed by atoms with Crippen molar-refractivity contribution in [2.24, 2.45) is 0 Å². The topological polar surface area (TPSA) is 25.4 Å². The lowest BCUT2D eigenvalue weighted by Crippen LogP contribution is -2.18. The number of benzene rings is 2. The van der Waals surface area contributed by atoms with E-state index in [0.717, 1.165) is 33.4 Å². The van der Waals surface area contributed by atoms with E-state index in [2.05, 4.69) is 63.2 Å². The highest BCUT2D eigenvalue weighted by Crippen LogP contribution is 2.37. The molecule has 1 aromatic heterocycles. The molecule has 3 aromatic rings. The number of nitrogens with zero attached hydrogens (tertiary/aromatic N) is 2. The van der Waals surface area contributed by atoms with Crippen LogP contribution in [0, 0.1) is 0 Å². The van der Waals surface area contributed by atoms with Gasteiger partial charge >= 0.3 is 0 Å². The summed E-state index contributed by atoms with van der Waals surface area (Å²) in [6, 6.07) is 16.4. The lowest BCUT2D eigenvalue weighted by atomic mass is 10.1. The normalized spacial score (nSPS) is 10.7. The third-order valence-corrected chi connectivity index (χ3v) is 4.44. The quantitative estimate of drug-likeness (QED) is 0.680. The largest absolute Gasteiger partial charge is 0.496 e. The van der Waals surface area contributed by atoms with Crippen LogP contribution in [-0.4, -0.2) is 19.1 Å². The molecule has 0 spiro atoms. The van der Waals surface area contributed by atoms with E-state index in [0.29, 0.717) is 0 Å². The number of methoxy groups -OCH3 is 1. The summed E-state index contributed by atoms with van der Waals surface area (Å²) >= 11 is 3.65. The SMILES string of the molecule is COc1ccc2ccnc(N(C)Cc3ccccc3)c2c1Br. The summed E-state index contributed by atoms with van der Waals surface area (Å²) in [6.07, 6.45) is 1.85. The van der Waals surface area contributed by atoms with E-state index in [1.165, 1.54) is 5.56 Å². The van der Waals surface area contributed by atoms with Crippen LogP contribution in [0.4, 0.5) is 5.82 Å². The Balaban J connectivity index is 2.06. The van der Waals surface area contributed by atoms with E-state index in [1.54, 1.807) is 7.11 Å². The highest BCUT2D eigenvalue weighted by atomic mass is 79.9. The Morgan fingerprint density at radius 3 is 2.59 bits per heavy atom. The predicted octanol–water partition coefficient (Wildman–Crippen LogP) is 4.64. The van der Waals surface area contributed by atoms with E-state index >= 15 is 0 Å². The minimum atomic E-state index is 0.802. The van der Waals surface area contributed by atoms with Crippen molar-refractivity contribution in [2.75, 3.05) is 19.1 Å². The molecule has 0 radical (unpaired) electrons. The minimum Gasteiger partial charge on any atom is -0.496 e.